The lowest BCUT2D eigenvalue weighted by Gasteiger charge is -2.22. The minimum absolute atomic E-state index is 0.0786. The molecule has 0 atom stereocenters. The summed E-state index contributed by atoms with van der Waals surface area (Å²) >= 11 is 5.04. The van der Waals surface area contributed by atoms with Crippen LogP contribution in [0.2, 0.25) is 0 Å². The van der Waals surface area contributed by atoms with Crippen LogP contribution in [0.3, 0.4) is 0 Å². The molecule has 0 radical (unpaired) electrons. The normalized spacial score (nSPS) is 11.3. The Hall–Kier alpha value is -1.09. The second kappa shape index (κ2) is 6.74. The van der Waals surface area contributed by atoms with Gasteiger partial charge in [0.05, 0.1) is 11.6 Å². The molecule has 1 aromatic carbocycles. The molecule has 0 heterocycles. The number of ether oxygens (including phenoxy) is 1. The summed E-state index contributed by atoms with van der Waals surface area (Å²) in [6.45, 7) is 7.00. The molecule has 0 aliphatic rings. The summed E-state index contributed by atoms with van der Waals surface area (Å²) in [5, 5.41) is 0. The first kappa shape index (κ1) is 15.0. The van der Waals surface area contributed by atoms with Crippen LogP contribution in [0.5, 0.6) is 5.75 Å². The predicted octanol–water partition coefficient (Wildman–Crippen LogP) is 3.72. The highest BCUT2D eigenvalue weighted by atomic mass is 32.1. The SMILES string of the molecule is CCc1ccc(OCCCC(C)(C)C(N)=S)cc1. The Balaban J connectivity index is 2.31. The maximum Gasteiger partial charge on any atom is 0.119 e. The molecule has 0 amide bonds. The molecule has 100 valence electrons. The molecule has 18 heavy (non-hydrogen) atoms. The van der Waals surface area contributed by atoms with Gasteiger partial charge in [-0.1, -0.05) is 45.1 Å². The quantitative estimate of drug-likeness (QED) is 0.603. The number of nitrogens with two attached hydrogens (primary N) is 1. The van der Waals surface area contributed by atoms with Crippen LogP contribution in [0.25, 0.3) is 0 Å². The van der Waals surface area contributed by atoms with Gasteiger partial charge in [-0.25, -0.2) is 0 Å². The zero-order valence-corrected chi connectivity index (χ0v) is 12.3. The average molecular weight is 265 g/mol. The Labute approximate surface area is 116 Å². The van der Waals surface area contributed by atoms with Crippen molar-refractivity contribution in [2.45, 2.75) is 40.0 Å². The van der Waals surface area contributed by atoms with Crippen LogP contribution in [-0.2, 0) is 6.42 Å². The minimum atomic E-state index is -0.0786. The van der Waals surface area contributed by atoms with Gasteiger partial charge in [0.15, 0.2) is 0 Å². The van der Waals surface area contributed by atoms with E-state index in [9.17, 15) is 0 Å². The van der Waals surface area contributed by atoms with E-state index in [1.807, 2.05) is 12.1 Å². The van der Waals surface area contributed by atoms with Gasteiger partial charge in [-0.2, -0.15) is 0 Å². The van der Waals surface area contributed by atoms with Crippen molar-refractivity contribution in [2.24, 2.45) is 11.1 Å². The van der Waals surface area contributed by atoms with Crippen molar-refractivity contribution in [2.75, 3.05) is 6.61 Å². The Morgan fingerprint density at radius 3 is 2.39 bits per heavy atom. The molecular formula is C15H23NOS. The van der Waals surface area contributed by atoms with Crippen LogP contribution < -0.4 is 10.5 Å². The zero-order valence-electron chi connectivity index (χ0n) is 11.5. The lowest BCUT2D eigenvalue weighted by molar-refractivity contribution is 0.288. The molecular weight excluding hydrogens is 242 g/mol. The molecule has 0 unspecified atom stereocenters. The summed E-state index contributed by atoms with van der Waals surface area (Å²) in [4.78, 5) is 0.579. The molecule has 0 saturated carbocycles. The van der Waals surface area contributed by atoms with E-state index in [-0.39, 0.29) is 5.41 Å². The van der Waals surface area contributed by atoms with Crippen LogP contribution in [0.1, 0.15) is 39.2 Å². The van der Waals surface area contributed by atoms with Crippen LogP contribution >= 0.6 is 12.2 Å². The van der Waals surface area contributed by atoms with Crippen molar-refractivity contribution in [1.29, 1.82) is 0 Å². The summed E-state index contributed by atoms with van der Waals surface area (Å²) in [5.41, 5.74) is 6.94. The molecule has 0 aromatic heterocycles. The second-order valence-corrected chi connectivity index (χ2v) is 5.64. The van der Waals surface area contributed by atoms with Gasteiger partial charge in [-0.3, -0.25) is 0 Å². The van der Waals surface area contributed by atoms with E-state index in [1.54, 1.807) is 0 Å². The molecule has 1 aromatic rings. The summed E-state index contributed by atoms with van der Waals surface area (Å²) in [6, 6.07) is 8.26. The van der Waals surface area contributed by atoms with Gasteiger partial charge in [0, 0.05) is 5.41 Å². The highest BCUT2D eigenvalue weighted by Gasteiger charge is 2.20. The van der Waals surface area contributed by atoms with E-state index in [4.69, 9.17) is 22.7 Å². The highest BCUT2D eigenvalue weighted by Crippen LogP contribution is 2.22. The van der Waals surface area contributed by atoms with E-state index < -0.39 is 0 Å². The third kappa shape index (κ3) is 4.65. The van der Waals surface area contributed by atoms with E-state index >= 15 is 0 Å². The van der Waals surface area contributed by atoms with Crippen LogP contribution in [0.4, 0.5) is 0 Å². The summed E-state index contributed by atoms with van der Waals surface area (Å²) in [5.74, 6) is 0.931. The molecule has 1 rings (SSSR count). The van der Waals surface area contributed by atoms with Crippen molar-refractivity contribution in [3.05, 3.63) is 29.8 Å². The van der Waals surface area contributed by atoms with E-state index in [0.717, 1.165) is 25.0 Å². The maximum absolute atomic E-state index is 5.70. The van der Waals surface area contributed by atoms with Crippen LogP contribution in [-0.4, -0.2) is 11.6 Å². The molecule has 0 bridgehead atoms. The average Bonchev–Trinajstić information content (AvgIpc) is 2.35. The smallest absolute Gasteiger partial charge is 0.119 e. The molecule has 0 aliphatic carbocycles. The molecule has 0 aliphatic heterocycles. The molecule has 3 heteroatoms. The number of rotatable bonds is 7. The van der Waals surface area contributed by atoms with Crippen LogP contribution in [0, 0.1) is 5.41 Å². The Bertz CT molecular complexity index is 384. The maximum atomic E-state index is 5.70. The van der Waals surface area contributed by atoms with E-state index in [1.165, 1.54) is 5.56 Å². The van der Waals surface area contributed by atoms with Crippen molar-refractivity contribution in [1.82, 2.24) is 0 Å². The number of hydrogen-bond acceptors (Lipinski definition) is 2. The van der Waals surface area contributed by atoms with Gasteiger partial charge in [-0.15, -0.1) is 0 Å². The molecule has 0 spiro atoms. The fourth-order valence-corrected chi connectivity index (χ4v) is 1.75. The minimum Gasteiger partial charge on any atom is -0.494 e. The first-order valence-electron chi connectivity index (χ1n) is 6.47. The Morgan fingerprint density at radius 2 is 1.89 bits per heavy atom. The standard InChI is InChI=1S/C15H23NOS/c1-4-12-6-8-13(9-7-12)17-11-5-10-15(2,3)14(16)18/h6-9H,4-5,10-11H2,1-3H3,(H2,16,18). The third-order valence-corrected chi connectivity index (χ3v) is 3.77. The molecule has 2 N–H and O–H groups in total. The number of aryl methyl sites for hydroxylation is 1. The lowest BCUT2D eigenvalue weighted by Crippen LogP contribution is -2.30. The lowest BCUT2D eigenvalue weighted by atomic mass is 9.88. The van der Waals surface area contributed by atoms with Crippen molar-refractivity contribution in [3.63, 3.8) is 0 Å². The van der Waals surface area contributed by atoms with Crippen molar-refractivity contribution < 1.29 is 4.74 Å². The first-order valence-corrected chi connectivity index (χ1v) is 6.88. The molecule has 0 fully saturated rings. The Kier molecular flexibility index (Phi) is 5.60. The van der Waals surface area contributed by atoms with Gasteiger partial charge in [0.1, 0.15) is 5.75 Å². The highest BCUT2D eigenvalue weighted by molar-refractivity contribution is 7.80. The molecule has 0 saturated heterocycles. The monoisotopic (exact) mass is 265 g/mol. The van der Waals surface area contributed by atoms with Gasteiger partial charge in [0.25, 0.3) is 0 Å². The van der Waals surface area contributed by atoms with Crippen molar-refractivity contribution >= 4 is 17.2 Å². The van der Waals surface area contributed by atoms with Gasteiger partial charge in [0.2, 0.25) is 0 Å². The number of thiocarbonyl (C=S) groups is 1. The topological polar surface area (TPSA) is 35.2 Å². The Morgan fingerprint density at radius 1 is 1.28 bits per heavy atom. The van der Waals surface area contributed by atoms with Gasteiger partial charge < -0.3 is 10.5 Å². The number of benzene rings is 1. The van der Waals surface area contributed by atoms with Crippen LogP contribution in [0.15, 0.2) is 24.3 Å². The summed E-state index contributed by atoms with van der Waals surface area (Å²) in [6.07, 6.45) is 2.97. The fraction of sp³-hybridized carbons (Fsp3) is 0.533. The number of hydrogen-bond donors (Lipinski definition) is 1. The first-order chi connectivity index (χ1) is 8.45. The van der Waals surface area contributed by atoms with E-state index in [2.05, 4.69) is 32.9 Å². The predicted molar refractivity (Wildman–Crippen MR) is 81.1 cm³/mol. The van der Waals surface area contributed by atoms with Crippen molar-refractivity contribution in [3.8, 4) is 5.75 Å². The van der Waals surface area contributed by atoms with Gasteiger partial charge in [-0.05, 0) is 37.0 Å². The third-order valence-electron chi connectivity index (χ3n) is 3.21. The fourth-order valence-electron chi connectivity index (χ4n) is 1.65. The zero-order chi connectivity index (χ0) is 13.6. The second-order valence-electron chi connectivity index (χ2n) is 5.20. The largest absolute Gasteiger partial charge is 0.494 e. The van der Waals surface area contributed by atoms with Gasteiger partial charge >= 0.3 is 0 Å². The summed E-state index contributed by atoms with van der Waals surface area (Å²) < 4.78 is 5.70. The molecule has 2 nitrogen and oxygen atoms in total. The summed E-state index contributed by atoms with van der Waals surface area (Å²) in [7, 11) is 0. The van der Waals surface area contributed by atoms with E-state index in [0.29, 0.717) is 11.6 Å².